The quantitative estimate of drug-likeness (QED) is 0.241. The number of benzene rings is 2. The molecule has 0 amide bonds. The van der Waals surface area contributed by atoms with Crippen LogP contribution in [0.25, 0.3) is 0 Å². The normalized spacial score (nSPS) is 13.3. The van der Waals surface area contributed by atoms with Crippen molar-refractivity contribution in [1.82, 2.24) is 0 Å². The predicted octanol–water partition coefficient (Wildman–Crippen LogP) is 5.61. The predicted molar refractivity (Wildman–Crippen MR) is 119 cm³/mol. The van der Waals surface area contributed by atoms with Crippen LogP contribution in [-0.2, 0) is 31.9 Å². The van der Waals surface area contributed by atoms with Crippen LogP contribution in [0.4, 0.5) is 8.78 Å². The topological polar surface area (TPSA) is 44.8 Å². The highest BCUT2D eigenvalue weighted by Gasteiger charge is 2.49. The Morgan fingerprint density at radius 1 is 0.935 bits per heavy atom. The van der Waals surface area contributed by atoms with Crippen molar-refractivity contribution >= 4 is 14.3 Å². The van der Waals surface area contributed by atoms with E-state index in [1.165, 1.54) is 12.2 Å². The van der Waals surface area contributed by atoms with Gasteiger partial charge in [-0.1, -0.05) is 72.8 Å². The summed E-state index contributed by atoms with van der Waals surface area (Å²) in [5, 5.41) is 0. The van der Waals surface area contributed by atoms with E-state index in [0.29, 0.717) is 6.61 Å². The molecule has 0 saturated heterocycles. The van der Waals surface area contributed by atoms with Gasteiger partial charge in [0.25, 0.3) is 0 Å². The van der Waals surface area contributed by atoms with Crippen molar-refractivity contribution < 1.29 is 27.5 Å². The van der Waals surface area contributed by atoms with Gasteiger partial charge in [-0.2, -0.15) is 8.78 Å². The van der Waals surface area contributed by atoms with Crippen LogP contribution in [0.5, 0.6) is 0 Å². The number of hydrogen-bond donors (Lipinski definition) is 0. The Morgan fingerprint density at radius 2 is 1.45 bits per heavy atom. The van der Waals surface area contributed by atoms with Crippen LogP contribution in [0, 0.1) is 5.92 Å². The lowest BCUT2D eigenvalue weighted by atomic mass is 10.0. The Hall–Kier alpha value is -2.35. The van der Waals surface area contributed by atoms with E-state index in [9.17, 15) is 13.6 Å². The first-order valence-electron chi connectivity index (χ1n) is 10.2. The lowest BCUT2D eigenvalue weighted by molar-refractivity contribution is -0.171. The molecule has 0 heterocycles. The van der Waals surface area contributed by atoms with E-state index in [4.69, 9.17) is 13.9 Å². The van der Waals surface area contributed by atoms with Crippen LogP contribution in [0.2, 0.25) is 19.6 Å². The molecule has 168 valence electrons. The van der Waals surface area contributed by atoms with Gasteiger partial charge in [0.05, 0.1) is 32.3 Å². The van der Waals surface area contributed by atoms with Crippen molar-refractivity contribution in [2.75, 3.05) is 13.2 Å². The molecule has 0 saturated carbocycles. The number of halogens is 2. The maximum Gasteiger partial charge on any atom is 0.364 e. The lowest BCUT2D eigenvalue weighted by Gasteiger charge is -2.26. The van der Waals surface area contributed by atoms with Gasteiger partial charge in [-0.15, -0.1) is 0 Å². The molecule has 1 atom stereocenters. The van der Waals surface area contributed by atoms with Gasteiger partial charge in [0.1, 0.15) is 0 Å². The van der Waals surface area contributed by atoms with E-state index in [-0.39, 0.29) is 19.8 Å². The summed E-state index contributed by atoms with van der Waals surface area (Å²) in [7, 11) is -2.46. The van der Waals surface area contributed by atoms with E-state index >= 15 is 0 Å². The third kappa shape index (κ3) is 9.12. The summed E-state index contributed by atoms with van der Waals surface area (Å²) < 4.78 is 45.9. The molecule has 0 N–H and O–H groups in total. The lowest BCUT2D eigenvalue weighted by Crippen LogP contribution is -2.44. The number of ether oxygens (including phenoxy) is 2. The summed E-state index contributed by atoms with van der Waals surface area (Å²) in [6.07, 6.45) is 2.77. The second kappa shape index (κ2) is 11.9. The maximum atomic E-state index is 14.9. The minimum atomic E-state index is -3.70. The van der Waals surface area contributed by atoms with E-state index in [2.05, 4.69) is 0 Å². The summed E-state index contributed by atoms with van der Waals surface area (Å²) in [5.41, 5.74) is 1.85. The van der Waals surface area contributed by atoms with E-state index in [1.54, 1.807) is 19.6 Å². The van der Waals surface area contributed by atoms with Gasteiger partial charge >= 0.3 is 11.9 Å². The second-order valence-corrected chi connectivity index (χ2v) is 12.6. The Kier molecular flexibility index (Phi) is 9.55. The first-order chi connectivity index (χ1) is 14.7. The van der Waals surface area contributed by atoms with Crippen LogP contribution in [-0.4, -0.2) is 33.4 Å². The fourth-order valence-corrected chi connectivity index (χ4v) is 3.39. The molecule has 0 unspecified atom stereocenters. The summed E-state index contributed by atoms with van der Waals surface area (Å²) in [6.45, 7) is 5.43. The third-order valence-electron chi connectivity index (χ3n) is 4.24. The summed E-state index contributed by atoms with van der Waals surface area (Å²) in [4.78, 5) is 12.2. The van der Waals surface area contributed by atoms with E-state index in [1.807, 2.05) is 60.7 Å². The molecule has 0 bridgehead atoms. The molecule has 4 nitrogen and oxygen atoms in total. The number of alkyl halides is 2. The highest BCUT2D eigenvalue weighted by molar-refractivity contribution is 6.71. The van der Waals surface area contributed by atoms with Gasteiger partial charge in [0.2, 0.25) is 8.32 Å². The van der Waals surface area contributed by atoms with Crippen LogP contribution >= 0.6 is 0 Å². The number of carbonyl (C=O) groups is 1. The molecule has 0 radical (unpaired) electrons. The van der Waals surface area contributed by atoms with Crippen molar-refractivity contribution in [3.63, 3.8) is 0 Å². The Labute approximate surface area is 184 Å². The molecular weight excluding hydrogens is 418 g/mol. The molecule has 0 aromatic heterocycles. The maximum absolute atomic E-state index is 14.9. The van der Waals surface area contributed by atoms with Gasteiger partial charge in [-0.05, 0) is 30.8 Å². The second-order valence-electron chi connectivity index (χ2n) is 8.16. The number of rotatable bonds is 12. The number of carbonyl (C=O) groups excluding carboxylic acids is 1. The molecule has 2 rings (SSSR count). The smallest absolute Gasteiger partial charge is 0.364 e. The van der Waals surface area contributed by atoms with E-state index in [0.717, 1.165) is 11.1 Å². The average molecular weight is 449 g/mol. The monoisotopic (exact) mass is 448 g/mol. The van der Waals surface area contributed by atoms with Gasteiger partial charge < -0.3 is 13.9 Å². The van der Waals surface area contributed by atoms with Crippen molar-refractivity contribution in [1.29, 1.82) is 0 Å². The number of hydrogen-bond acceptors (Lipinski definition) is 4. The third-order valence-corrected chi connectivity index (χ3v) is 5.04. The van der Waals surface area contributed by atoms with Crippen molar-refractivity contribution in [2.45, 2.75) is 38.8 Å². The highest BCUT2D eigenvalue weighted by atomic mass is 28.4. The molecule has 0 aliphatic carbocycles. The molecule has 0 aliphatic heterocycles. The molecule has 31 heavy (non-hydrogen) atoms. The zero-order valence-corrected chi connectivity index (χ0v) is 19.2. The Morgan fingerprint density at radius 3 is 1.97 bits per heavy atom. The molecule has 2 aromatic carbocycles. The van der Waals surface area contributed by atoms with Gasteiger partial charge in [0.15, 0.2) is 0 Å². The van der Waals surface area contributed by atoms with Crippen molar-refractivity contribution in [2.24, 2.45) is 5.92 Å². The van der Waals surface area contributed by atoms with Gasteiger partial charge in [0, 0.05) is 0 Å². The SMILES string of the molecule is C[Si](C)(C)OC(=O)C(F)(F)[C@H](/C=C/COCc1ccccc1)COCc1ccccc1. The minimum Gasteiger partial charge on any atom is -0.516 e. The van der Waals surface area contributed by atoms with Crippen LogP contribution in [0.1, 0.15) is 11.1 Å². The zero-order valence-electron chi connectivity index (χ0n) is 18.2. The van der Waals surface area contributed by atoms with Crippen LogP contribution in [0.3, 0.4) is 0 Å². The fourth-order valence-electron chi connectivity index (χ4n) is 2.70. The van der Waals surface area contributed by atoms with Gasteiger partial charge in [-0.25, -0.2) is 4.79 Å². The average Bonchev–Trinajstić information content (AvgIpc) is 2.72. The Bertz CT molecular complexity index is 820. The first kappa shape index (κ1) is 24.9. The zero-order chi connectivity index (χ0) is 22.7. The van der Waals surface area contributed by atoms with Crippen LogP contribution in [0.15, 0.2) is 72.8 Å². The minimum absolute atomic E-state index is 0.142. The van der Waals surface area contributed by atoms with Gasteiger partial charge in [-0.3, -0.25) is 0 Å². The first-order valence-corrected chi connectivity index (χ1v) is 13.6. The highest BCUT2D eigenvalue weighted by Crippen LogP contribution is 2.29. The van der Waals surface area contributed by atoms with Crippen LogP contribution < -0.4 is 0 Å². The summed E-state index contributed by atoms with van der Waals surface area (Å²) >= 11 is 0. The van der Waals surface area contributed by atoms with E-state index < -0.39 is 26.1 Å². The van der Waals surface area contributed by atoms with Crippen molar-refractivity contribution in [3.8, 4) is 0 Å². The molecular formula is C24H30F2O4Si. The Balaban J connectivity index is 1.98. The standard InChI is InChI=1S/C24H30F2O4Si/c1-31(2,3)30-23(27)24(25,26)22(19-29-18-21-13-8-5-9-14-21)15-10-16-28-17-20-11-6-4-7-12-20/h4-15,22H,16-19H2,1-3H3/b15-10+/t22-/m1/s1. The van der Waals surface area contributed by atoms with Crippen molar-refractivity contribution in [3.05, 3.63) is 83.9 Å². The largest absolute Gasteiger partial charge is 0.516 e. The summed E-state index contributed by atoms with van der Waals surface area (Å²) in [5.74, 6) is -6.66. The molecule has 0 spiro atoms. The molecule has 7 heteroatoms. The summed E-state index contributed by atoms with van der Waals surface area (Å²) in [6, 6.07) is 18.8. The molecule has 2 aromatic rings. The fraction of sp³-hybridized carbons (Fsp3) is 0.375. The molecule has 0 aliphatic rings. The molecule has 0 fully saturated rings.